The summed E-state index contributed by atoms with van der Waals surface area (Å²) in [4.78, 5) is 0. The van der Waals surface area contributed by atoms with Crippen molar-refractivity contribution in [1.82, 2.24) is 0 Å². The third kappa shape index (κ3) is 4.28. The molecule has 0 aromatic heterocycles. The molecule has 0 nitrogen and oxygen atoms in total. The fraction of sp³-hybridized carbons (Fsp3) is 0.185. The fourth-order valence-corrected chi connectivity index (χ4v) is 3.88. The van der Waals surface area contributed by atoms with Crippen molar-refractivity contribution in [3.05, 3.63) is 108 Å². The van der Waals surface area contributed by atoms with Gasteiger partial charge < -0.3 is 0 Å². The van der Waals surface area contributed by atoms with Crippen LogP contribution >= 0.6 is 0 Å². The number of fused-ring (bicyclic) bond motifs is 1. The first-order chi connectivity index (χ1) is 13.3. The average molecular weight is 351 g/mol. The Bertz CT molecular complexity index is 992. The smallest absolute Gasteiger partial charge is 0.0152 e. The van der Waals surface area contributed by atoms with Crippen LogP contribution in [0.5, 0.6) is 0 Å². The average Bonchev–Trinajstić information content (AvgIpc) is 2.73. The van der Waals surface area contributed by atoms with Gasteiger partial charge in [-0.2, -0.15) is 0 Å². The molecular formula is C27H26. The molecule has 0 N–H and O–H groups in total. The normalized spacial score (nSPS) is 12.2. The minimum atomic E-state index is 0.673. The van der Waals surface area contributed by atoms with Gasteiger partial charge in [-0.1, -0.05) is 104 Å². The molecule has 0 spiro atoms. The molecule has 1 atom stereocenters. The van der Waals surface area contributed by atoms with Crippen molar-refractivity contribution in [1.29, 1.82) is 0 Å². The third-order valence-corrected chi connectivity index (χ3v) is 5.43. The zero-order valence-electron chi connectivity index (χ0n) is 15.9. The highest BCUT2D eigenvalue weighted by molar-refractivity contribution is 5.85. The Morgan fingerprint density at radius 3 is 2.11 bits per heavy atom. The quantitative estimate of drug-likeness (QED) is 0.342. The highest BCUT2D eigenvalue weighted by atomic mass is 14.1. The van der Waals surface area contributed by atoms with Crippen LogP contribution in [0.4, 0.5) is 0 Å². The van der Waals surface area contributed by atoms with E-state index >= 15 is 0 Å². The summed E-state index contributed by atoms with van der Waals surface area (Å²) < 4.78 is 0. The minimum Gasteiger partial charge on any atom is -0.0622 e. The summed E-state index contributed by atoms with van der Waals surface area (Å²) in [5.41, 5.74) is 5.48. The maximum Gasteiger partial charge on any atom is -0.0152 e. The lowest BCUT2D eigenvalue weighted by atomic mass is 9.92. The largest absolute Gasteiger partial charge is 0.0622 e. The van der Waals surface area contributed by atoms with Crippen molar-refractivity contribution in [2.75, 3.05) is 0 Å². The summed E-state index contributed by atoms with van der Waals surface area (Å²) in [6.45, 7) is 2.37. The molecule has 0 aliphatic rings. The van der Waals surface area contributed by atoms with Gasteiger partial charge in [0.25, 0.3) is 0 Å². The highest BCUT2D eigenvalue weighted by Gasteiger charge is 2.07. The van der Waals surface area contributed by atoms with E-state index in [0.717, 1.165) is 12.8 Å². The van der Waals surface area contributed by atoms with E-state index < -0.39 is 0 Å². The molecule has 0 amide bonds. The molecule has 134 valence electrons. The Morgan fingerprint density at radius 1 is 0.630 bits per heavy atom. The number of hydrogen-bond donors (Lipinski definition) is 0. The van der Waals surface area contributed by atoms with Gasteiger partial charge in [-0.25, -0.2) is 0 Å². The van der Waals surface area contributed by atoms with Gasteiger partial charge >= 0.3 is 0 Å². The molecular weight excluding hydrogens is 324 g/mol. The molecule has 0 aliphatic heterocycles. The summed E-state index contributed by atoms with van der Waals surface area (Å²) >= 11 is 0. The van der Waals surface area contributed by atoms with Gasteiger partial charge in [0.05, 0.1) is 0 Å². The molecule has 1 unspecified atom stereocenters. The lowest BCUT2D eigenvalue weighted by molar-refractivity contribution is 0.531. The van der Waals surface area contributed by atoms with Gasteiger partial charge in [-0.3, -0.25) is 0 Å². The lowest BCUT2D eigenvalue weighted by Crippen LogP contribution is -2.02. The Labute approximate surface area is 162 Å². The van der Waals surface area contributed by atoms with Crippen molar-refractivity contribution in [3.8, 4) is 11.1 Å². The molecule has 4 aromatic carbocycles. The number of hydrogen-bond acceptors (Lipinski definition) is 0. The van der Waals surface area contributed by atoms with E-state index in [0.29, 0.717) is 5.92 Å². The number of aryl methyl sites for hydroxylation is 1. The predicted octanol–water partition coefficient (Wildman–Crippen LogP) is 7.32. The van der Waals surface area contributed by atoms with E-state index in [9.17, 15) is 0 Å². The van der Waals surface area contributed by atoms with E-state index in [2.05, 4.69) is 104 Å². The highest BCUT2D eigenvalue weighted by Crippen LogP contribution is 2.24. The molecule has 0 fully saturated rings. The summed E-state index contributed by atoms with van der Waals surface area (Å²) in [5, 5.41) is 2.75. The second kappa shape index (κ2) is 8.22. The van der Waals surface area contributed by atoms with Crippen molar-refractivity contribution in [2.45, 2.75) is 26.2 Å². The Hall–Kier alpha value is -2.86. The van der Waals surface area contributed by atoms with E-state index in [1.807, 2.05) is 0 Å². The first-order valence-corrected chi connectivity index (χ1v) is 9.90. The van der Waals surface area contributed by atoms with Crippen LogP contribution in [0.1, 0.15) is 24.5 Å². The zero-order chi connectivity index (χ0) is 18.5. The SMILES string of the molecule is CC(CCc1cccc2ccccc12)Cc1ccc(-c2ccccc2)cc1. The molecule has 4 rings (SSSR count). The molecule has 27 heavy (non-hydrogen) atoms. The topological polar surface area (TPSA) is 0 Å². The molecule has 0 aliphatic carbocycles. The molecule has 0 radical (unpaired) electrons. The van der Waals surface area contributed by atoms with Gasteiger partial charge in [0.15, 0.2) is 0 Å². The first kappa shape index (κ1) is 17.5. The van der Waals surface area contributed by atoms with Crippen molar-refractivity contribution in [3.63, 3.8) is 0 Å². The third-order valence-electron chi connectivity index (χ3n) is 5.43. The summed E-state index contributed by atoms with van der Waals surface area (Å²) in [6, 6.07) is 35.1. The standard InChI is InChI=1S/C27H26/c1-21(14-17-26-12-7-11-25-10-5-6-13-27(25)26)20-22-15-18-24(19-16-22)23-8-3-2-4-9-23/h2-13,15-16,18-19,21H,14,17,20H2,1H3. The maximum atomic E-state index is 2.37. The Morgan fingerprint density at radius 2 is 1.30 bits per heavy atom. The van der Waals surface area contributed by atoms with E-state index in [1.54, 1.807) is 0 Å². The van der Waals surface area contributed by atoms with E-state index in [-0.39, 0.29) is 0 Å². The number of benzene rings is 4. The van der Waals surface area contributed by atoms with Crippen molar-refractivity contribution in [2.24, 2.45) is 5.92 Å². The second-order valence-electron chi connectivity index (χ2n) is 7.55. The van der Waals surface area contributed by atoms with Crippen LogP contribution < -0.4 is 0 Å². The summed E-state index contributed by atoms with van der Waals surface area (Å²) in [7, 11) is 0. The van der Waals surface area contributed by atoms with Crippen LogP contribution in [-0.2, 0) is 12.8 Å². The van der Waals surface area contributed by atoms with Crippen molar-refractivity contribution >= 4 is 10.8 Å². The second-order valence-corrected chi connectivity index (χ2v) is 7.55. The van der Waals surface area contributed by atoms with Crippen LogP contribution in [0.25, 0.3) is 21.9 Å². The molecule has 0 heterocycles. The van der Waals surface area contributed by atoms with Crippen LogP contribution in [-0.4, -0.2) is 0 Å². The van der Waals surface area contributed by atoms with E-state index in [1.165, 1.54) is 39.4 Å². The molecule has 0 heteroatoms. The number of rotatable bonds is 6. The van der Waals surface area contributed by atoms with Gasteiger partial charge in [0.1, 0.15) is 0 Å². The Kier molecular flexibility index (Phi) is 5.34. The molecule has 0 saturated heterocycles. The minimum absolute atomic E-state index is 0.673. The van der Waals surface area contributed by atoms with Crippen LogP contribution in [0.15, 0.2) is 97.1 Å². The predicted molar refractivity (Wildman–Crippen MR) is 117 cm³/mol. The van der Waals surface area contributed by atoms with E-state index in [4.69, 9.17) is 0 Å². The van der Waals surface area contributed by atoms with Crippen molar-refractivity contribution < 1.29 is 0 Å². The summed E-state index contributed by atoms with van der Waals surface area (Å²) in [5.74, 6) is 0.673. The van der Waals surface area contributed by atoms with Crippen LogP contribution in [0.2, 0.25) is 0 Å². The molecule has 0 saturated carbocycles. The molecule has 0 bridgehead atoms. The van der Waals surface area contributed by atoms with Gasteiger partial charge in [0, 0.05) is 0 Å². The fourth-order valence-electron chi connectivity index (χ4n) is 3.88. The van der Waals surface area contributed by atoms with Gasteiger partial charge in [-0.15, -0.1) is 0 Å². The summed E-state index contributed by atoms with van der Waals surface area (Å²) in [6.07, 6.45) is 3.50. The van der Waals surface area contributed by atoms with Gasteiger partial charge in [-0.05, 0) is 58.2 Å². The Balaban J connectivity index is 1.38. The monoisotopic (exact) mass is 350 g/mol. The molecule has 4 aromatic rings. The first-order valence-electron chi connectivity index (χ1n) is 9.90. The van der Waals surface area contributed by atoms with Crippen LogP contribution in [0.3, 0.4) is 0 Å². The van der Waals surface area contributed by atoms with Crippen LogP contribution in [0, 0.1) is 5.92 Å². The van der Waals surface area contributed by atoms with Gasteiger partial charge in [0.2, 0.25) is 0 Å². The maximum absolute atomic E-state index is 2.37. The lowest BCUT2D eigenvalue weighted by Gasteiger charge is -2.13. The zero-order valence-corrected chi connectivity index (χ0v) is 15.9.